The van der Waals surface area contributed by atoms with E-state index in [1.807, 2.05) is 0 Å². The van der Waals surface area contributed by atoms with E-state index in [1.165, 1.54) is 24.8 Å². The van der Waals surface area contributed by atoms with Gasteiger partial charge in [0.2, 0.25) is 5.95 Å². The molecule has 19 heavy (non-hydrogen) atoms. The minimum absolute atomic E-state index is 0.332. The van der Waals surface area contributed by atoms with Gasteiger partial charge in [0.1, 0.15) is 0 Å². The zero-order valence-electron chi connectivity index (χ0n) is 10.9. The average Bonchev–Trinajstić information content (AvgIpc) is 2.80. The molecule has 4 heteroatoms. The van der Waals surface area contributed by atoms with Crippen molar-refractivity contribution >= 4 is 5.95 Å². The second-order valence-corrected chi connectivity index (χ2v) is 5.51. The van der Waals surface area contributed by atoms with Crippen molar-refractivity contribution < 1.29 is 0 Å². The smallest absolute Gasteiger partial charge is 0.221 e. The largest absolute Gasteiger partial charge is 0.354 e. The summed E-state index contributed by atoms with van der Waals surface area (Å²) < 4.78 is 2.09. The van der Waals surface area contributed by atoms with Gasteiger partial charge in [-0.2, -0.15) is 10.1 Å². The summed E-state index contributed by atoms with van der Waals surface area (Å²) in [5.74, 6) is 2.58. The fourth-order valence-electron chi connectivity index (χ4n) is 2.94. The van der Waals surface area contributed by atoms with Crippen molar-refractivity contribution in [3.8, 4) is 0 Å². The van der Waals surface area contributed by atoms with E-state index in [1.54, 1.807) is 0 Å². The van der Waals surface area contributed by atoms with Crippen molar-refractivity contribution in [1.29, 1.82) is 0 Å². The molecule has 4 nitrogen and oxygen atoms in total. The molecule has 0 bridgehead atoms. The van der Waals surface area contributed by atoms with E-state index in [-0.39, 0.29) is 0 Å². The van der Waals surface area contributed by atoms with Crippen molar-refractivity contribution in [3.05, 3.63) is 41.7 Å². The van der Waals surface area contributed by atoms with Gasteiger partial charge in [-0.15, -0.1) is 0 Å². The summed E-state index contributed by atoms with van der Waals surface area (Å²) in [6.45, 7) is 0.975. The second-order valence-electron chi connectivity index (χ2n) is 5.51. The number of nitrogens with one attached hydrogen (secondary N) is 1. The maximum absolute atomic E-state index is 4.77. The van der Waals surface area contributed by atoms with E-state index in [2.05, 4.69) is 45.3 Å². The quantitative estimate of drug-likeness (QED) is 0.896. The van der Waals surface area contributed by atoms with Crippen LogP contribution in [-0.2, 0) is 0 Å². The topological polar surface area (TPSA) is 42.7 Å². The predicted octanol–water partition coefficient (Wildman–Crippen LogP) is 2.95. The first-order valence-electron chi connectivity index (χ1n) is 7.17. The van der Waals surface area contributed by atoms with Crippen LogP contribution in [0.4, 0.5) is 5.95 Å². The second kappa shape index (κ2) is 4.37. The van der Waals surface area contributed by atoms with Crippen LogP contribution in [-0.4, -0.2) is 21.3 Å². The molecule has 1 aromatic carbocycles. The zero-order chi connectivity index (χ0) is 12.7. The minimum atomic E-state index is 0.332. The molecule has 1 unspecified atom stereocenters. The molecule has 1 fully saturated rings. The van der Waals surface area contributed by atoms with Crippen LogP contribution in [0.3, 0.4) is 0 Å². The van der Waals surface area contributed by atoms with Crippen molar-refractivity contribution in [3.63, 3.8) is 0 Å². The molecule has 1 aliphatic carbocycles. The first-order chi connectivity index (χ1) is 9.42. The molecule has 0 amide bonds. The van der Waals surface area contributed by atoms with E-state index in [9.17, 15) is 0 Å². The number of hydrogen-bond acceptors (Lipinski definition) is 3. The van der Waals surface area contributed by atoms with E-state index in [0.29, 0.717) is 12.0 Å². The lowest BCUT2D eigenvalue weighted by atomic mass is 9.85. The van der Waals surface area contributed by atoms with Gasteiger partial charge < -0.3 is 5.32 Å². The Kier molecular flexibility index (Phi) is 2.53. The Hall–Kier alpha value is -1.84. The Labute approximate surface area is 112 Å². The van der Waals surface area contributed by atoms with Gasteiger partial charge in [-0.25, -0.2) is 4.68 Å². The normalized spacial score (nSPS) is 22.4. The molecule has 1 N–H and O–H groups in total. The number of aromatic nitrogens is 3. The molecule has 2 heterocycles. The lowest BCUT2D eigenvalue weighted by molar-refractivity contribution is 0.393. The van der Waals surface area contributed by atoms with Gasteiger partial charge in [0.05, 0.1) is 6.04 Å². The van der Waals surface area contributed by atoms with Gasteiger partial charge in [-0.1, -0.05) is 36.8 Å². The number of nitrogens with zero attached hydrogens (tertiary/aromatic N) is 3. The van der Waals surface area contributed by atoms with Crippen LogP contribution in [0.15, 0.2) is 30.3 Å². The summed E-state index contributed by atoms with van der Waals surface area (Å²) in [7, 11) is 0. The molecule has 98 valence electrons. The van der Waals surface area contributed by atoms with E-state index in [0.717, 1.165) is 24.7 Å². The number of rotatable bonds is 2. The predicted molar refractivity (Wildman–Crippen MR) is 74.3 cm³/mol. The summed E-state index contributed by atoms with van der Waals surface area (Å²) in [6, 6.07) is 11.0. The van der Waals surface area contributed by atoms with Gasteiger partial charge >= 0.3 is 0 Å². The summed E-state index contributed by atoms with van der Waals surface area (Å²) in [6.07, 6.45) is 4.90. The fraction of sp³-hybridized carbons (Fsp3) is 0.467. The highest BCUT2D eigenvalue weighted by Gasteiger charge is 2.29. The maximum atomic E-state index is 4.77. The van der Waals surface area contributed by atoms with Crippen LogP contribution < -0.4 is 5.32 Å². The molecule has 0 radical (unpaired) electrons. The Morgan fingerprint density at radius 1 is 1.11 bits per heavy atom. The monoisotopic (exact) mass is 254 g/mol. The maximum Gasteiger partial charge on any atom is 0.221 e. The molecule has 0 spiro atoms. The zero-order valence-corrected chi connectivity index (χ0v) is 10.9. The number of hydrogen-bond donors (Lipinski definition) is 1. The van der Waals surface area contributed by atoms with Crippen LogP contribution >= 0.6 is 0 Å². The molecule has 2 aliphatic rings. The Balaban J connectivity index is 1.71. The SMILES string of the molecule is c1ccc(C2CCNc3nc(C4CCC4)nn32)cc1. The standard InChI is InChI=1S/C15H18N4/c1-2-5-11(6-3-1)13-9-10-16-15-17-14(18-19(13)15)12-7-4-8-12/h1-3,5-6,12-13H,4,7-10H2,(H,16,17,18). The van der Waals surface area contributed by atoms with Crippen LogP contribution in [0.2, 0.25) is 0 Å². The highest BCUT2D eigenvalue weighted by atomic mass is 15.4. The average molecular weight is 254 g/mol. The summed E-state index contributed by atoms with van der Waals surface area (Å²) in [5, 5.41) is 8.15. The third kappa shape index (κ3) is 1.82. The van der Waals surface area contributed by atoms with Gasteiger partial charge in [0, 0.05) is 12.5 Å². The Morgan fingerprint density at radius 2 is 1.95 bits per heavy atom. The molecular weight excluding hydrogens is 236 g/mol. The van der Waals surface area contributed by atoms with Gasteiger partial charge in [0.25, 0.3) is 0 Å². The Bertz CT molecular complexity index is 571. The molecule has 1 aromatic heterocycles. The van der Waals surface area contributed by atoms with Crippen molar-refractivity contribution in [2.45, 2.75) is 37.6 Å². The lowest BCUT2D eigenvalue weighted by Gasteiger charge is -2.24. The number of benzene rings is 1. The van der Waals surface area contributed by atoms with Gasteiger partial charge in [0.15, 0.2) is 5.82 Å². The van der Waals surface area contributed by atoms with Crippen molar-refractivity contribution in [2.24, 2.45) is 0 Å². The van der Waals surface area contributed by atoms with Gasteiger partial charge in [-0.3, -0.25) is 0 Å². The Morgan fingerprint density at radius 3 is 2.68 bits per heavy atom. The molecule has 1 atom stereocenters. The van der Waals surface area contributed by atoms with Crippen molar-refractivity contribution in [2.75, 3.05) is 11.9 Å². The summed E-state index contributed by atoms with van der Waals surface area (Å²) >= 11 is 0. The van der Waals surface area contributed by atoms with Crippen LogP contribution in [0.5, 0.6) is 0 Å². The lowest BCUT2D eigenvalue weighted by Crippen LogP contribution is -2.24. The number of anilines is 1. The molecular formula is C15H18N4. The molecule has 0 saturated heterocycles. The van der Waals surface area contributed by atoms with E-state index >= 15 is 0 Å². The highest BCUT2D eigenvalue weighted by Crippen LogP contribution is 2.37. The molecule has 4 rings (SSSR count). The summed E-state index contributed by atoms with van der Waals surface area (Å²) in [4.78, 5) is 4.69. The van der Waals surface area contributed by atoms with Crippen LogP contribution in [0, 0.1) is 0 Å². The van der Waals surface area contributed by atoms with E-state index < -0.39 is 0 Å². The highest BCUT2D eigenvalue weighted by molar-refractivity contribution is 5.33. The third-order valence-corrected chi connectivity index (χ3v) is 4.30. The van der Waals surface area contributed by atoms with Crippen LogP contribution in [0.25, 0.3) is 0 Å². The number of fused-ring (bicyclic) bond motifs is 1. The van der Waals surface area contributed by atoms with Crippen molar-refractivity contribution in [1.82, 2.24) is 14.8 Å². The first kappa shape index (κ1) is 11.0. The van der Waals surface area contributed by atoms with Crippen LogP contribution in [0.1, 0.15) is 49.0 Å². The van der Waals surface area contributed by atoms with E-state index in [4.69, 9.17) is 5.10 Å². The molecule has 1 aliphatic heterocycles. The minimum Gasteiger partial charge on any atom is -0.354 e. The van der Waals surface area contributed by atoms with Gasteiger partial charge in [-0.05, 0) is 24.8 Å². The fourth-order valence-corrected chi connectivity index (χ4v) is 2.94. The molecule has 1 saturated carbocycles. The first-order valence-corrected chi connectivity index (χ1v) is 7.17. The molecule has 2 aromatic rings. The summed E-state index contributed by atoms with van der Waals surface area (Å²) in [5.41, 5.74) is 1.33. The third-order valence-electron chi connectivity index (χ3n) is 4.30.